The smallest absolute Gasteiger partial charge is 0.397 e. The van der Waals surface area contributed by atoms with Gasteiger partial charge in [-0.05, 0) is 46.3 Å². The van der Waals surface area contributed by atoms with E-state index in [1.807, 2.05) is 0 Å². The van der Waals surface area contributed by atoms with Crippen LogP contribution in [0.4, 0.5) is 22.0 Å². The lowest BCUT2D eigenvalue weighted by Crippen LogP contribution is -2.55. The summed E-state index contributed by atoms with van der Waals surface area (Å²) in [5, 5.41) is 2.41. The van der Waals surface area contributed by atoms with Crippen molar-refractivity contribution in [3.05, 3.63) is 29.1 Å². The minimum absolute atomic E-state index is 0.508. The van der Waals surface area contributed by atoms with Crippen molar-refractivity contribution in [1.29, 1.82) is 0 Å². The molecule has 180 valence electrons. The largest absolute Gasteiger partial charge is 0.575 e. The Balaban J connectivity index is 3.34. The monoisotopic (exact) mass is 488 g/mol. The molecule has 0 saturated heterocycles. The van der Waals surface area contributed by atoms with Crippen LogP contribution in [0.1, 0.15) is 41.5 Å². The van der Waals surface area contributed by atoms with E-state index in [4.69, 9.17) is 9.47 Å². The molecule has 14 heteroatoms. The Kier molecular flexibility index (Phi) is 9.49. The first-order valence-electron chi connectivity index (χ1n) is 9.19. The van der Waals surface area contributed by atoms with Crippen molar-refractivity contribution in [2.75, 3.05) is 0 Å². The quantitative estimate of drug-likeness (QED) is 0.187. The summed E-state index contributed by atoms with van der Waals surface area (Å²) in [5.74, 6) is -15.7. The summed E-state index contributed by atoms with van der Waals surface area (Å²) in [7, 11) is -3.61. The van der Waals surface area contributed by atoms with Crippen LogP contribution in [0.2, 0.25) is 0 Å². The Morgan fingerprint density at radius 2 is 1.34 bits per heavy atom. The van der Waals surface area contributed by atoms with Crippen molar-refractivity contribution in [1.82, 2.24) is 5.32 Å². The van der Waals surface area contributed by atoms with Gasteiger partial charge in [-0.15, -0.1) is 0 Å². The maximum absolute atomic E-state index is 13.8. The second-order valence-corrected chi connectivity index (χ2v) is 8.06. The Morgan fingerprint density at radius 1 is 0.906 bits per heavy atom. The topological polar surface area (TPSA) is 109 Å². The number of carbonyl (C=O) groups excluding carboxylic acids is 2. The van der Waals surface area contributed by atoms with Gasteiger partial charge >= 0.3 is 20.1 Å². The number of benzene rings is 1. The minimum Gasteiger partial charge on any atom is -0.575 e. The lowest BCUT2D eigenvalue weighted by atomic mass is 10.2. The second-order valence-electron chi connectivity index (χ2n) is 7.21. The van der Waals surface area contributed by atoms with Crippen molar-refractivity contribution in [3.63, 3.8) is 0 Å². The first kappa shape index (κ1) is 27.7. The summed E-state index contributed by atoms with van der Waals surface area (Å²) in [6.45, 7) is 8.36. The molecule has 0 radical (unpaired) electrons. The lowest BCUT2D eigenvalue weighted by Gasteiger charge is -2.26. The molecular weight excluding hydrogens is 466 g/mol. The SMILES string of the molecule is CC(C)OC(=O)C(C)NC(C)(N=[P+]([O-])Oc1c(F)c(F)c(F)c(F)c1F)C(=O)OC(C)C. The molecule has 1 N–H and O–H groups in total. The van der Waals surface area contributed by atoms with Crippen LogP contribution in [0.25, 0.3) is 0 Å². The molecule has 0 aliphatic rings. The number of nitrogens with one attached hydrogen (secondary N) is 1. The van der Waals surface area contributed by atoms with E-state index < -0.39 is 78.9 Å². The summed E-state index contributed by atoms with van der Waals surface area (Å²) >= 11 is 0. The maximum Gasteiger partial charge on any atom is 0.397 e. The highest BCUT2D eigenvalue weighted by atomic mass is 31.1. The van der Waals surface area contributed by atoms with Crippen LogP contribution >= 0.6 is 8.17 Å². The number of nitrogens with zero attached hydrogens (tertiary/aromatic N) is 1. The van der Waals surface area contributed by atoms with Gasteiger partial charge in [-0.1, -0.05) is 0 Å². The molecule has 0 aromatic heterocycles. The molecule has 0 bridgehead atoms. The fourth-order valence-corrected chi connectivity index (χ4v) is 3.02. The van der Waals surface area contributed by atoms with Crippen LogP contribution in [0.15, 0.2) is 4.74 Å². The van der Waals surface area contributed by atoms with E-state index in [-0.39, 0.29) is 0 Å². The van der Waals surface area contributed by atoms with Gasteiger partial charge in [-0.25, -0.2) is 18.0 Å². The number of hydrogen-bond acceptors (Lipinski definition) is 8. The van der Waals surface area contributed by atoms with Crippen LogP contribution < -0.4 is 14.7 Å². The first-order chi connectivity index (χ1) is 14.6. The molecule has 0 fully saturated rings. The predicted octanol–water partition coefficient (Wildman–Crippen LogP) is 3.21. The molecule has 1 aromatic rings. The van der Waals surface area contributed by atoms with Crippen LogP contribution in [0, 0.1) is 29.1 Å². The molecule has 1 rings (SSSR count). The zero-order chi connectivity index (χ0) is 25.0. The fourth-order valence-electron chi connectivity index (χ4n) is 2.20. The van der Waals surface area contributed by atoms with Crippen LogP contribution in [0.3, 0.4) is 0 Å². The standard InChI is InChI=1S/C18H22F5N2O6P/c1-7(2)29-16(26)9(5)24-18(6,17(27)30-8(3)4)25-32(28)31-15-13(22)11(20)10(19)12(21)14(15)23/h7-9,24H,1-6H3. The molecule has 1 aromatic carbocycles. The third kappa shape index (κ3) is 6.81. The molecular formula is C18H22F5N2O6P. The van der Waals surface area contributed by atoms with Gasteiger partial charge < -0.3 is 14.4 Å². The Hall–Kier alpha value is -2.37. The summed E-state index contributed by atoms with van der Waals surface area (Å²) in [6, 6.07) is -1.22. The molecule has 0 spiro atoms. The number of rotatable bonds is 9. The van der Waals surface area contributed by atoms with E-state index in [2.05, 4.69) is 14.6 Å². The fraction of sp³-hybridized carbons (Fsp3) is 0.556. The molecule has 8 nitrogen and oxygen atoms in total. The predicted molar refractivity (Wildman–Crippen MR) is 99.7 cm³/mol. The molecule has 0 saturated carbocycles. The number of carbonyl (C=O) groups is 2. The maximum atomic E-state index is 13.8. The minimum atomic E-state index is -3.61. The van der Waals surface area contributed by atoms with Crippen LogP contribution in [-0.2, 0) is 19.1 Å². The number of esters is 2. The molecule has 0 heterocycles. The van der Waals surface area contributed by atoms with Crippen molar-refractivity contribution in [2.45, 2.75) is 65.5 Å². The van der Waals surface area contributed by atoms with Crippen LogP contribution in [-0.4, -0.2) is 35.9 Å². The van der Waals surface area contributed by atoms with E-state index in [0.717, 1.165) is 6.92 Å². The van der Waals surface area contributed by atoms with Gasteiger partial charge in [-0.2, -0.15) is 8.78 Å². The Labute approximate surface area is 181 Å². The average molecular weight is 488 g/mol. The van der Waals surface area contributed by atoms with Gasteiger partial charge in [0.2, 0.25) is 29.1 Å². The number of halogens is 5. The highest BCUT2D eigenvalue weighted by Crippen LogP contribution is 2.35. The normalized spacial score (nSPS) is 14.9. The molecule has 32 heavy (non-hydrogen) atoms. The third-order valence-corrected chi connectivity index (χ3v) is 4.47. The van der Waals surface area contributed by atoms with Crippen molar-refractivity contribution in [3.8, 4) is 5.75 Å². The number of ether oxygens (including phenoxy) is 2. The zero-order valence-electron chi connectivity index (χ0n) is 18.0. The van der Waals surface area contributed by atoms with Crippen LogP contribution in [0.5, 0.6) is 5.75 Å². The van der Waals surface area contributed by atoms with Crippen molar-refractivity contribution < 1.29 is 50.4 Å². The Bertz CT molecular complexity index is 885. The van der Waals surface area contributed by atoms with E-state index in [0.29, 0.717) is 0 Å². The molecule has 0 aliphatic carbocycles. The zero-order valence-corrected chi connectivity index (χ0v) is 18.9. The van der Waals surface area contributed by atoms with Crippen molar-refractivity contribution in [2.24, 2.45) is 4.74 Å². The van der Waals surface area contributed by atoms with Gasteiger partial charge in [0.15, 0.2) is 0 Å². The summed E-state index contributed by atoms with van der Waals surface area (Å²) in [5.41, 5.74) is -2.29. The highest BCUT2D eigenvalue weighted by Gasteiger charge is 2.42. The summed E-state index contributed by atoms with van der Waals surface area (Å²) < 4.78 is 85.1. The van der Waals surface area contributed by atoms with Gasteiger partial charge in [-0.3, -0.25) is 14.6 Å². The van der Waals surface area contributed by atoms with E-state index in [1.54, 1.807) is 13.8 Å². The number of hydrogen-bond donors (Lipinski definition) is 1. The molecule has 3 atom stereocenters. The second kappa shape index (κ2) is 11.0. The van der Waals surface area contributed by atoms with Gasteiger partial charge in [0.1, 0.15) is 6.04 Å². The van der Waals surface area contributed by atoms with Gasteiger partial charge in [0.25, 0.3) is 11.4 Å². The van der Waals surface area contributed by atoms with E-state index in [1.165, 1.54) is 20.8 Å². The van der Waals surface area contributed by atoms with Crippen molar-refractivity contribution >= 4 is 20.1 Å². The van der Waals surface area contributed by atoms with Gasteiger partial charge in [0, 0.05) is 0 Å². The summed E-state index contributed by atoms with van der Waals surface area (Å²) in [6.07, 6.45) is -1.20. The lowest BCUT2D eigenvalue weighted by molar-refractivity contribution is -0.172. The summed E-state index contributed by atoms with van der Waals surface area (Å²) in [4.78, 5) is 36.8. The average Bonchev–Trinajstić information content (AvgIpc) is 2.67. The molecule has 0 amide bonds. The Morgan fingerprint density at radius 3 is 1.78 bits per heavy atom. The van der Waals surface area contributed by atoms with Gasteiger partial charge in [0.05, 0.1) is 12.2 Å². The highest BCUT2D eigenvalue weighted by molar-refractivity contribution is 7.34. The van der Waals surface area contributed by atoms with E-state index in [9.17, 15) is 36.4 Å². The molecule has 0 aliphatic heterocycles. The first-order valence-corrected chi connectivity index (χ1v) is 10.3. The van der Waals surface area contributed by atoms with E-state index >= 15 is 0 Å². The third-order valence-electron chi connectivity index (χ3n) is 3.56. The molecule has 3 unspecified atom stereocenters.